The average Bonchev–Trinajstić information content (AvgIpc) is 2.69. The van der Waals surface area contributed by atoms with Crippen LogP contribution >= 0.6 is 11.3 Å². The van der Waals surface area contributed by atoms with Gasteiger partial charge < -0.3 is 10.1 Å². The molecule has 0 fully saturated rings. The van der Waals surface area contributed by atoms with Crippen LogP contribution in [0.5, 0.6) is 0 Å². The summed E-state index contributed by atoms with van der Waals surface area (Å²) in [5, 5.41) is 6.66. The van der Waals surface area contributed by atoms with Crippen molar-refractivity contribution in [2.75, 3.05) is 6.61 Å². The summed E-state index contributed by atoms with van der Waals surface area (Å²) in [6, 6.07) is 0. The van der Waals surface area contributed by atoms with Gasteiger partial charge in [0.25, 0.3) is 0 Å². The molecule has 0 aromatic carbocycles. The molecule has 0 saturated heterocycles. The normalized spacial score (nSPS) is 12.0. The zero-order valence-electron chi connectivity index (χ0n) is 11.4. The summed E-state index contributed by atoms with van der Waals surface area (Å²) in [6.07, 6.45) is 2.31. The van der Waals surface area contributed by atoms with Crippen molar-refractivity contribution in [3.63, 3.8) is 0 Å². The molecule has 1 aromatic rings. The van der Waals surface area contributed by atoms with E-state index in [0.717, 1.165) is 30.3 Å². The van der Waals surface area contributed by atoms with Gasteiger partial charge >= 0.3 is 0 Å². The number of unbranched alkanes of at least 4 members (excludes halogenated alkanes) is 1. The quantitative estimate of drug-likeness (QED) is 0.760. The molecule has 1 rings (SSSR count). The standard InChI is InChI=1S/C13H24N2OS/c1-5-6-7-16-9-11-10-17-12(15-11)8-14-13(2,3)4/h10,14H,5-9H2,1-4H3. The second kappa shape index (κ2) is 7.09. The monoisotopic (exact) mass is 256 g/mol. The van der Waals surface area contributed by atoms with E-state index in [1.807, 2.05) is 0 Å². The number of thiazole rings is 1. The fraction of sp³-hybridized carbons (Fsp3) is 0.769. The molecule has 0 aliphatic rings. The second-order valence-corrected chi connectivity index (χ2v) is 6.18. The van der Waals surface area contributed by atoms with Gasteiger partial charge in [-0.25, -0.2) is 4.98 Å². The third-order valence-corrected chi connectivity index (χ3v) is 3.16. The summed E-state index contributed by atoms with van der Waals surface area (Å²) in [7, 11) is 0. The van der Waals surface area contributed by atoms with Crippen LogP contribution in [0.4, 0.5) is 0 Å². The van der Waals surface area contributed by atoms with E-state index >= 15 is 0 Å². The number of ether oxygens (including phenoxy) is 1. The molecule has 0 amide bonds. The summed E-state index contributed by atoms with van der Waals surface area (Å²) in [5.74, 6) is 0. The summed E-state index contributed by atoms with van der Waals surface area (Å²) in [5.41, 5.74) is 1.19. The predicted molar refractivity (Wildman–Crippen MR) is 73.3 cm³/mol. The van der Waals surface area contributed by atoms with Crippen LogP contribution in [0.1, 0.15) is 51.2 Å². The lowest BCUT2D eigenvalue weighted by molar-refractivity contribution is 0.116. The van der Waals surface area contributed by atoms with Crippen LogP contribution in [0.25, 0.3) is 0 Å². The van der Waals surface area contributed by atoms with Gasteiger partial charge in [-0.1, -0.05) is 13.3 Å². The molecule has 0 saturated carbocycles. The molecule has 0 atom stereocenters. The van der Waals surface area contributed by atoms with Gasteiger partial charge in [0.1, 0.15) is 5.01 Å². The van der Waals surface area contributed by atoms with E-state index in [-0.39, 0.29) is 5.54 Å². The van der Waals surface area contributed by atoms with Crippen LogP contribution in [-0.2, 0) is 17.9 Å². The van der Waals surface area contributed by atoms with E-state index in [0.29, 0.717) is 6.61 Å². The maximum atomic E-state index is 5.54. The molecule has 1 heterocycles. The molecule has 0 radical (unpaired) electrons. The lowest BCUT2D eigenvalue weighted by atomic mass is 10.1. The van der Waals surface area contributed by atoms with Gasteiger partial charge in [0.15, 0.2) is 0 Å². The Balaban J connectivity index is 2.28. The molecular formula is C13H24N2OS. The summed E-state index contributed by atoms with van der Waals surface area (Å²) < 4.78 is 5.54. The van der Waals surface area contributed by atoms with Gasteiger partial charge in [0.2, 0.25) is 0 Å². The van der Waals surface area contributed by atoms with E-state index < -0.39 is 0 Å². The van der Waals surface area contributed by atoms with Crippen molar-refractivity contribution in [1.82, 2.24) is 10.3 Å². The SMILES string of the molecule is CCCCOCc1csc(CNC(C)(C)C)n1. The fourth-order valence-corrected chi connectivity index (χ4v) is 1.98. The molecule has 0 spiro atoms. The maximum Gasteiger partial charge on any atom is 0.107 e. The van der Waals surface area contributed by atoms with Crippen molar-refractivity contribution in [3.8, 4) is 0 Å². The third kappa shape index (κ3) is 6.76. The first-order chi connectivity index (χ1) is 8.01. The molecule has 4 heteroatoms. The van der Waals surface area contributed by atoms with Crippen LogP contribution in [0.15, 0.2) is 5.38 Å². The molecule has 98 valence electrons. The highest BCUT2D eigenvalue weighted by molar-refractivity contribution is 7.09. The van der Waals surface area contributed by atoms with Crippen LogP contribution in [0.3, 0.4) is 0 Å². The van der Waals surface area contributed by atoms with Crippen molar-refractivity contribution in [1.29, 1.82) is 0 Å². The van der Waals surface area contributed by atoms with E-state index in [1.54, 1.807) is 11.3 Å². The van der Waals surface area contributed by atoms with Crippen molar-refractivity contribution in [2.45, 2.75) is 59.2 Å². The van der Waals surface area contributed by atoms with Gasteiger partial charge in [0, 0.05) is 24.1 Å². The topological polar surface area (TPSA) is 34.1 Å². The molecule has 1 aromatic heterocycles. The average molecular weight is 256 g/mol. The van der Waals surface area contributed by atoms with Crippen LogP contribution in [-0.4, -0.2) is 17.1 Å². The first-order valence-electron chi connectivity index (χ1n) is 6.27. The van der Waals surface area contributed by atoms with Crippen LogP contribution < -0.4 is 5.32 Å². The molecule has 17 heavy (non-hydrogen) atoms. The van der Waals surface area contributed by atoms with Gasteiger partial charge in [-0.2, -0.15) is 0 Å². The predicted octanol–water partition coefficient (Wildman–Crippen LogP) is 3.35. The molecule has 1 N–H and O–H groups in total. The lowest BCUT2D eigenvalue weighted by Crippen LogP contribution is -2.35. The Morgan fingerprint density at radius 2 is 2.18 bits per heavy atom. The first-order valence-corrected chi connectivity index (χ1v) is 7.15. The summed E-state index contributed by atoms with van der Waals surface area (Å²) >= 11 is 1.70. The fourth-order valence-electron chi connectivity index (χ4n) is 1.26. The number of aromatic nitrogens is 1. The highest BCUT2D eigenvalue weighted by Gasteiger charge is 2.10. The number of hydrogen-bond donors (Lipinski definition) is 1. The second-order valence-electron chi connectivity index (χ2n) is 5.24. The molecular weight excluding hydrogens is 232 g/mol. The van der Waals surface area contributed by atoms with Gasteiger partial charge in [-0.15, -0.1) is 11.3 Å². The Morgan fingerprint density at radius 3 is 2.82 bits per heavy atom. The molecule has 0 aliphatic carbocycles. The number of nitrogens with zero attached hydrogens (tertiary/aromatic N) is 1. The smallest absolute Gasteiger partial charge is 0.107 e. The molecule has 3 nitrogen and oxygen atoms in total. The van der Waals surface area contributed by atoms with Crippen molar-refractivity contribution < 1.29 is 4.74 Å². The van der Waals surface area contributed by atoms with Gasteiger partial charge in [-0.3, -0.25) is 0 Å². The minimum atomic E-state index is 0.142. The zero-order chi connectivity index (χ0) is 12.7. The zero-order valence-corrected chi connectivity index (χ0v) is 12.2. The maximum absolute atomic E-state index is 5.54. The number of rotatable bonds is 7. The largest absolute Gasteiger partial charge is 0.375 e. The first kappa shape index (κ1) is 14.6. The highest BCUT2D eigenvalue weighted by Crippen LogP contribution is 2.12. The van der Waals surface area contributed by atoms with Crippen LogP contribution in [0.2, 0.25) is 0 Å². The minimum Gasteiger partial charge on any atom is -0.375 e. The van der Waals surface area contributed by atoms with E-state index in [4.69, 9.17) is 4.74 Å². The minimum absolute atomic E-state index is 0.142. The van der Waals surface area contributed by atoms with Crippen molar-refractivity contribution >= 4 is 11.3 Å². The van der Waals surface area contributed by atoms with E-state index in [9.17, 15) is 0 Å². The molecule has 0 unspecified atom stereocenters. The number of nitrogens with one attached hydrogen (secondary N) is 1. The number of hydrogen-bond acceptors (Lipinski definition) is 4. The lowest BCUT2D eigenvalue weighted by Gasteiger charge is -2.19. The van der Waals surface area contributed by atoms with Gasteiger partial charge in [-0.05, 0) is 27.2 Å². The summed E-state index contributed by atoms with van der Waals surface area (Å²) in [6.45, 7) is 11.0. The Morgan fingerprint density at radius 1 is 1.41 bits per heavy atom. The van der Waals surface area contributed by atoms with Gasteiger partial charge in [0.05, 0.1) is 12.3 Å². The Hall–Kier alpha value is -0.450. The van der Waals surface area contributed by atoms with Crippen molar-refractivity contribution in [3.05, 3.63) is 16.1 Å². The molecule has 0 bridgehead atoms. The summed E-state index contributed by atoms with van der Waals surface area (Å²) in [4.78, 5) is 4.54. The van der Waals surface area contributed by atoms with E-state index in [2.05, 4.69) is 43.4 Å². The Bertz CT molecular complexity index is 317. The van der Waals surface area contributed by atoms with Crippen molar-refractivity contribution in [2.24, 2.45) is 0 Å². The third-order valence-electron chi connectivity index (χ3n) is 2.26. The molecule has 0 aliphatic heterocycles. The van der Waals surface area contributed by atoms with Crippen LogP contribution in [0, 0.1) is 0 Å². The van der Waals surface area contributed by atoms with E-state index in [1.165, 1.54) is 6.42 Å². The Kier molecular flexibility index (Phi) is 6.09. The highest BCUT2D eigenvalue weighted by atomic mass is 32.1. The Labute approximate surface area is 109 Å².